The molecule has 0 radical (unpaired) electrons. The molecule has 0 unspecified atom stereocenters. The lowest BCUT2D eigenvalue weighted by Gasteiger charge is -2.25. The highest BCUT2D eigenvalue weighted by molar-refractivity contribution is 7.25. The van der Waals surface area contributed by atoms with E-state index >= 15 is 0 Å². The molecule has 3 aromatic heterocycles. The number of aromatic nitrogens is 3. The van der Waals surface area contributed by atoms with Crippen LogP contribution in [0.1, 0.15) is 36.8 Å². The number of nitrogens with zero attached hydrogens (tertiary/aromatic N) is 3. The third kappa shape index (κ3) is 3.21. The van der Waals surface area contributed by atoms with Gasteiger partial charge in [0.2, 0.25) is 0 Å². The Morgan fingerprint density at radius 1 is 1.10 bits per heavy atom. The minimum Gasteiger partial charge on any atom is -0.376 e. The normalized spacial score (nSPS) is 22.0. The van der Waals surface area contributed by atoms with Crippen LogP contribution in [-0.2, 0) is 22.3 Å². The number of morpholine rings is 1. The van der Waals surface area contributed by atoms with Crippen molar-refractivity contribution in [1.29, 1.82) is 0 Å². The van der Waals surface area contributed by atoms with Gasteiger partial charge in [0.1, 0.15) is 29.9 Å². The monoisotopic (exact) mass is 426 g/mol. The topological polar surface area (TPSA) is 73.7 Å². The molecule has 6 rings (SSSR count). The lowest BCUT2D eigenvalue weighted by atomic mass is 9.90. The number of pyridine rings is 1. The summed E-state index contributed by atoms with van der Waals surface area (Å²) in [7, 11) is 0. The molecule has 0 spiro atoms. The molecule has 2 aliphatic heterocycles. The largest absolute Gasteiger partial charge is 0.376 e. The van der Waals surface area contributed by atoms with E-state index in [1.165, 1.54) is 40.0 Å². The van der Waals surface area contributed by atoms with E-state index in [1.807, 2.05) is 0 Å². The maximum Gasteiger partial charge on any atom is 0.279 e. The second-order valence-electron chi connectivity index (χ2n) is 8.46. The Labute approximate surface area is 179 Å². The van der Waals surface area contributed by atoms with Gasteiger partial charge in [0, 0.05) is 18.7 Å². The SMILES string of the molecule is c1nc(NC[C@H]2CCCO2)c2sc3[nH+]c(N4CCOCC4)c4c(c3c2n1)CCCC4. The number of H-pyrrole nitrogens is 1. The van der Waals surface area contributed by atoms with Crippen molar-refractivity contribution in [3.63, 3.8) is 0 Å². The van der Waals surface area contributed by atoms with Gasteiger partial charge in [-0.05, 0) is 44.1 Å². The van der Waals surface area contributed by atoms with Crippen molar-refractivity contribution in [2.75, 3.05) is 49.7 Å². The van der Waals surface area contributed by atoms with Gasteiger partial charge in [0.05, 0.1) is 30.2 Å². The molecule has 2 N–H and O–H groups in total. The van der Waals surface area contributed by atoms with Crippen molar-refractivity contribution < 1.29 is 14.5 Å². The van der Waals surface area contributed by atoms with E-state index < -0.39 is 0 Å². The van der Waals surface area contributed by atoms with E-state index in [-0.39, 0.29) is 6.10 Å². The van der Waals surface area contributed by atoms with Crippen molar-refractivity contribution in [1.82, 2.24) is 9.97 Å². The third-order valence-electron chi connectivity index (χ3n) is 6.61. The number of anilines is 2. The average Bonchev–Trinajstić information content (AvgIpc) is 3.45. The Bertz CT molecular complexity index is 1070. The van der Waals surface area contributed by atoms with Gasteiger partial charge in [-0.1, -0.05) is 11.3 Å². The van der Waals surface area contributed by atoms with Crippen LogP contribution in [0, 0.1) is 0 Å². The fourth-order valence-corrected chi connectivity index (χ4v) is 6.25. The summed E-state index contributed by atoms with van der Waals surface area (Å²) in [6.45, 7) is 5.19. The van der Waals surface area contributed by atoms with Crippen molar-refractivity contribution in [2.24, 2.45) is 0 Å². The Morgan fingerprint density at radius 2 is 1.97 bits per heavy atom. The van der Waals surface area contributed by atoms with Gasteiger partial charge in [-0.2, -0.15) is 0 Å². The number of ether oxygens (including phenoxy) is 2. The van der Waals surface area contributed by atoms with Crippen LogP contribution in [0.5, 0.6) is 0 Å². The van der Waals surface area contributed by atoms with Crippen LogP contribution in [-0.4, -0.2) is 55.5 Å². The van der Waals surface area contributed by atoms with Gasteiger partial charge in [0.25, 0.3) is 5.82 Å². The van der Waals surface area contributed by atoms with Crippen molar-refractivity contribution in [3.05, 3.63) is 17.5 Å². The molecule has 30 heavy (non-hydrogen) atoms. The molecule has 0 bridgehead atoms. The van der Waals surface area contributed by atoms with Crippen LogP contribution in [0.25, 0.3) is 20.4 Å². The minimum absolute atomic E-state index is 0.289. The molecule has 2 saturated heterocycles. The third-order valence-corrected chi connectivity index (χ3v) is 7.71. The number of hydrogen-bond acceptors (Lipinski definition) is 7. The number of fused-ring (bicyclic) bond motifs is 5. The summed E-state index contributed by atoms with van der Waals surface area (Å²) in [5, 5.41) is 4.85. The Balaban J connectivity index is 1.46. The van der Waals surface area contributed by atoms with Crippen LogP contribution in [0.3, 0.4) is 0 Å². The highest BCUT2D eigenvalue weighted by Gasteiger charge is 2.30. The molecule has 1 atom stereocenters. The Morgan fingerprint density at radius 3 is 2.80 bits per heavy atom. The summed E-state index contributed by atoms with van der Waals surface area (Å²) in [4.78, 5) is 16.8. The number of aromatic amines is 1. The quantitative estimate of drug-likeness (QED) is 0.691. The first kappa shape index (κ1) is 18.7. The molecule has 3 aromatic rings. The van der Waals surface area contributed by atoms with Crippen LogP contribution in [0.15, 0.2) is 6.33 Å². The second-order valence-corrected chi connectivity index (χ2v) is 9.48. The number of rotatable bonds is 4. The van der Waals surface area contributed by atoms with Gasteiger partial charge >= 0.3 is 0 Å². The van der Waals surface area contributed by atoms with Crippen molar-refractivity contribution in [3.8, 4) is 0 Å². The molecule has 0 saturated carbocycles. The van der Waals surface area contributed by atoms with E-state index in [0.29, 0.717) is 0 Å². The van der Waals surface area contributed by atoms with Crippen LogP contribution < -0.4 is 15.2 Å². The second kappa shape index (κ2) is 7.90. The first-order valence-corrected chi connectivity index (χ1v) is 12.0. The summed E-state index contributed by atoms with van der Waals surface area (Å²) in [5.74, 6) is 2.23. The predicted octanol–water partition coefficient (Wildman–Crippen LogP) is 2.96. The lowest BCUT2D eigenvalue weighted by Crippen LogP contribution is -2.40. The van der Waals surface area contributed by atoms with Crippen LogP contribution in [0.2, 0.25) is 0 Å². The van der Waals surface area contributed by atoms with Crippen molar-refractivity contribution in [2.45, 2.75) is 44.6 Å². The smallest absolute Gasteiger partial charge is 0.279 e. The standard InChI is InChI=1S/C22H27N5O2S/c1-2-6-16-15(5-1)17-18-19(20(25-13-24-18)23-12-14-4-3-9-29-14)30-22(17)26-21(16)27-7-10-28-11-8-27/h13-14H,1-12H2,(H,23,24,25)/p+1/t14-/m1/s1. The molecule has 0 aromatic carbocycles. The molecule has 158 valence electrons. The van der Waals surface area contributed by atoms with Gasteiger partial charge in [-0.15, -0.1) is 0 Å². The van der Waals surface area contributed by atoms with Gasteiger partial charge < -0.3 is 14.8 Å². The maximum absolute atomic E-state index is 5.78. The summed E-state index contributed by atoms with van der Waals surface area (Å²) in [6.07, 6.45) is 9.05. The molecule has 7 nitrogen and oxygen atoms in total. The first-order chi connectivity index (χ1) is 14.9. The van der Waals surface area contributed by atoms with E-state index in [0.717, 1.165) is 81.2 Å². The zero-order chi connectivity index (χ0) is 19.9. The summed E-state index contributed by atoms with van der Waals surface area (Å²) < 4.78 is 12.5. The summed E-state index contributed by atoms with van der Waals surface area (Å²) in [6, 6.07) is 0. The van der Waals surface area contributed by atoms with Crippen molar-refractivity contribution >= 4 is 43.4 Å². The van der Waals surface area contributed by atoms with E-state index in [9.17, 15) is 0 Å². The van der Waals surface area contributed by atoms with Gasteiger partial charge in [-0.3, -0.25) is 4.90 Å². The molecule has 2 fully saturated rings. The van der Waals surface area contributed by atoms with E-state index in [2.05, 4.69) is 20.2 Å². The number of hydrogen-bond donors (Lipinski definition) is 1. The molecule has 8 heteroatoms. The average molecular weight is 427 g/mol. The molecule has 3 aliphatic rings. The first-order valence-electron chi connectivity index (χ1n) is 11.2. The summed E-state index contributed by atoms with van der Waals surface area (Å²) in [5.41, 5.74) is 4.07. The van der Waals surface area contributed by atoms with Gasteiger partial charge in [-0.25, -0.2) is 15.0 Å². The summed E-state index contributed by atoms with van der Waals surface area (Å²) >= 11 is 1.78. The fraction of sp³-hybridized carbons (Fsp3) is 0.591. The minimum atomic E-state index is 0.289. The number of nitrogens with one attached hydrogen (secondary N) is 2. The van der Waals surface area contributed by atoms with Crippen LogP contribution >= 0.6 is 11.3 Å². The van der Waals surface area contributed by atoms with E-state index in [4.69, 9.17) is 14.5 Å². The highest BCUT2D eigenvalue weighted by atomic mass is 32.1. The number of aryl methyl sites for hydroxylation is 1. The fourth-order valence-electron chi connectivity index (χ4n) is 5.10. The lowest BCUT2D eigenvalue weighted by molar-refractivity contribution is -0.328. The van der Waals surface area contributed by atoms with Crippen LogP contribution in [0.4, 0.5) is 11.6 Å². The molecule has 5 heterocycles. The van der Waals surface area contributed by atoms with E-state index in [1.54, 1.807) is 17.7 Å². The Hall–Kier alpha value is -2.03. The highest BCUT2D eigenvalue weighted by Crippen LogP contribution is 2.41. The molecular formula is C22H28N5O2S+. The maximum atomic E-state index is 5.78. The number of thiophene rings is 1. The predicted molar refractivity (Wildman–Crippen MR) is 119 cm³/mol. The molecule has 1 aliphatic carbocycles. The zero-order valence-corrected chi connectivity index (χ0v) is 18.0. The Kier molecular flexibility index (Phi) is 4.93. The zero-order valence-electron chi connectivity index (χ0n) is 17.2. The molecular weight excluding hydrogens is 398 g/mol. The van der Waals surface area contributed by atoms with Gasteiger partial charge in [0.15, 0.2) is 4.83 Å². The molecule has 0 amide bonds.